The predicted molar refractivity (Wildman–Crippen MR) is 136 cm³/mol. The third-order valence-corrected chi connectivity index (χ3v) is 7.41. The molecule has 4 heteroatoms. The molecular weight excluding hydrogens is 414 g/mol. The number of hydrogen-bond donors (Lipinski definition) is 1. The Labute approximate surface area is 195 Å². The fourth-order valence-electron chi connectivity index (χ4n) is 4.74. The molecule has 1 aliphatic heterocycles. The third kappa shape index (κ3) is 4.09. The Bertz CT molecular complexity index is 1180. The summed E-state index contributed by atoms with van der Waals surface area (Å²) in [5.74, 6) is 0.151. The van der Waals surface area contributed by atoms with Gasteiger partial charge in [0.05, 0.1) is 4.91 Å². The van der Waals surface area contributed by atoms with Crippen LogP contribution in [-0.4, -0.2) is 11.1 Å². The smallest absolute Gasteiger partial charge is 0.282 e. The van der Waals surface area contributed by atoms with E-state index in [0.29, 0.717) is 10.8 Å². The molecule has 0 saturated carbocycles. The van der Waals surface area contributed by atoms with Crippen molar-refractivity contribution in [2.24, 2.45) is 5.92 Å². The summed E-state index contributed by atoms with van der Waals surface area (Å²) in [7, 11) is 0. The number of fused-ring (bicyclic) bond motifs is 1. The summed E-state index contributed by atoms with van der Waals surface area (Å²) in [5.41, 5.74) is 10.3. The van der Waals surface area contributed by atoms with Gasteiger partial charge in [-0.05, 0) is 106 Å². The number of aryl methyl sites for hydroxylation is 2. The number of nitrogens with one attached hydrogen (secondary N) is 1. The summed E-state index contributed by atoms with van der Waals surface area (Å²) in [6, 6.07) is 11.1. The minimum Gasteiger partial charge on any atom is -0.282 e. The Morgan fingerprint density at radius 1 is 1.09 bits per heavy atom. The number of rotatable bonds is 4. The summed E-state index contributed by atoms with van der Waals surface area (Å²) in [6.07, 6.45) is 6.22. The molecule has 3 nitrogen and oxygen atoms in total. The summed E-state index contributed by atoms with van der Waals surface area (Å²) in [5, 5.41) is 2.02. The number of hydrogen-bond acceptors (Lipinski definition) is 3. The van der Waals surface area contributed by atoms with Crippen LogP contribution in [0.25, 0.3) is 22.8 Å². The summed E-state index contributed by atoms with van der Waals surface area (Å²) in [6.45, 7) is 13.6. The van der Waals surface area contributed by atoms with Crippen molar-refractivity contribution in [2.45, 2.75) is 59.8 Å². The quantitative estimate of drug-likeness (QED) is 0.503. The standard InChI is InChI=1S/C28H31NO2S/c1-7-19-9-8-18(14-25-26(30)29-27(31)32-25)13-22(19)21-15-23-20(16(2)3)10-11-28(5,6)24(23)12-17(21)4/h8-10,12-16H,7,11H2,1-6H3,(H,29,30,31)/b25-14+. The highest BCUT2D eigenvalue weighted by atomic mass is 32.2. The lowest BCUT2D eigenvalue weighted by Gasteiger charge is -2.34. The zero-order valence-corrected chi connectivity index (χ0v) is 20.6. The average molecular weight is 446 g/mol. The van der Waals surface area contributed by atoms with E-state index in [1.165, 1.54) is 39.0 Å². The van der Waals surface area contributed by atoms with E-state index in [0.717, 1.165) is 30.2 Å². The van der Waals surface area contributed by atoms with E-state index < -0.39 is 0 Å². The minimum absolute atomic E-state index is 0.121. The molecule has 4 rings (SSSR count). The Balaban J connectivity index is 1.88. The van der Waals surface area contributed by atoms with Gasteiger partial charge >= 0.3 is 0 Å². The second-order valence-electron chi connectivity index (χ2n) is 9.74. The molecule has 0 spiro atoms. The lowest BCUT2D eigenvalue weighted by molar-refractivity contribution is -0.115. The number of amides is 2. The summed E-state index contributed by atoms with van der Waals surface area (Å²) < 4.78 is 0. The van der Waals surface area contributed by atoms with Gasteiger partial charge in [-0.25, -0.2) is 0 Å². The molecular formula is C28H31NO2S. The summed E-state index contributed by atoms with van der Waals surface area (Å²) in [4.78, 5) is 24.0. The van der Waals surface area contributed by atoms with Gasteiger partial charge in [-0.15, -0.1) is 0 Å². The first-order chi connectivity index (χ1) is 15.1. The van der Waals surface area contributed by atoms with Crippen LogP contribution in [0.2, 0.25) is 0 Å². The molecule has 32 heavy (non-hydrogen) atoms. The number of allylic oxidation sites excluding steroid dienone is 2. The highest BCUT2D eigenvalue weighted by Gasteiger charge is 2.30. The van der Waals surface area contributed by atoms with Crippen LogP contribution < -0.4 is 5.32 Å². The van der Waals surface area contributed by atoms with E-state index in [4.69, 9.17) is 0 Å². The van der Waals surface area contributed by atoms with Gasteiger partial charge in [-0.1, -0.05) is 58.9 Å². The fraction of sp³-hybridized carbons (Fsp3) is 0.357. The maximum Gasteiger partial charge on any atom is 0.290 e. The maximum absolute atomic E-state index is 12.0. The van der Waals surface area contributed by atoms with Crippen molar-refractivity contribution in [1.82, 2.24) is 5.32 Å². The Morgan fingerprint density at radius 2 is 1.84 bits per heavy atom. The van der Waals surface area contributed by atoms with Crippen LogP contribution in [0.3, 0.4) is 0 Å². The van der Waals surface area contributed by atoms with Crippen molar-refractivity contribution in [1.29, 1.82) is 0 Å². The highest BCUT2D eigenvalue weighted by Crippen LogP contribution is 2.44. The SMILES string of the molecule is CCc1ccc(/C=C2/SC(=O)NC2=O)cc1-c1cc2c(cc1C)C(C)(C)CC=C2C(C)C. The van der Waals surface area contributed by atoms with E-state index in [1.807, 2.05) is 12.1 Å². The monoisotopic (exact) mass is 445 g/mol. The molecule has 0 atom stereocenters. The van der Waals surface area contributed by atoms with Crippen LogP contribution in [0.5, 0.6) is 0 Å². The molecule has 1 heterocycles. The van der Waals surface area contributed by atoms with Crippen LogP contribution >= 0.6 is 11.8 Å². The molecule has 0 bridgehead atoms. The second-order valence-corrected chi connectivity index (χ2v) is 10.8. The molecule has 0 aromatic heterocycles. The van der Waals surface area contributed by atoms with E-state index in [-0.39, 0.29) is 16.6 Å². The second kappa shape index (κ2) is 8.40. The van der Waals surface area contributed by atoms with Crippen LogP contribution in [0.15, 0.2) is 41.3 Å². The van der Waals surface area contributed by atoms with Gasteiger partial charge in [0.15, 0.2) is 0 Å². The van der Waals surface area contributed by atoms with Crippen LogP contribution in [0.1, 0.15) is 68.9 Å². The number of benzene rings is 2. The molecule has 0 unspecified atom stereocenters. The predicted octanol–water partition coefficient (Wildman–Crippen LogP) is 7.27. The van der Waals surface area contributed by atoms with Crippen molar-refractivity contribution in [3.8, 4) is 11.1 Å². The zero-order valence-electron chi connectivity index (χ0n) is 19.8. The molecule has 2 aromatic rings. The van der Waals surface area contributed by atoms with Crippen LogP contribution in [-0.2, 0) is 16.6 Å². The van der Waals surface area contributed by atoms with Crippen molar-refractivity contribution in [3.05, 3.63) is 69.1 Å². The number of carbonyl (C=O) groups excluding carboxylic acids is 2. The van der Waals surface area contributed by atoms with Gasteiger partial charge in [0.25, 0.3) is 11.1 Å². The first-order valence-corrected chi connectivity index (χ1v) is 12.2. The van der Waals surface area contributed by atoms with E-state index in [9.17, 15) is 9.59 Å². The van der Waals surface area contributed by atoms with Crippen molar-refractivity contribution in [3.63, 3.8) is 0 Å². The van der Waals surface area contributed by atoms with Crippen molar-refractivity contribution >= 4 is 34.6 Å². The number of thioether (sulfide) groups is 1. The molecule has 1 fully saturated rings. The number of carbonyl (C=O) groups is 2. The average Bonchev–Trinajstić information content (AvgIpc) is 3.04. The van der Waals surface area contributed by atoms with E-state index in [1.54, 1.807) is 0 Å². The molecule has 1 N–H and O–H groups in total. The molecule has 166 valence electrons. The van der Waals surface area contributed by atoms with Crippen molar-refractivity contribution < 1.29 is 9.59 Å². The van der Waals surface area contributed by atoms with Crippen molar-refractivity contribution in [2.75, 3.05) is 0 Å². The normalized spacial score (nSPS) is 18.7. The third-order valence-electron chi connectivity index (χ3n) is 6.60. The molecule has 2 aliphatic rings. The minimum atomic E-state index is -0.319. The van der Waals surface area contributed by atoms with Gasteiger partial charge < -0.3 is 0 Å². The highest BCUT2D eigenvalue weighted by molar-refractivity contribution is 8.18. The zero-order chi connectivity index (χ0) is 23.2. The number of imide groups is 1. The maximum atomic E-state index is 12.0. The van der Waals surface area contributed by atoms with Crippen LogP contribution in [0, 0.1) is 12.8 Å². The Hall–Kier alpha value is -2.59. The summed E-state index contributed by atoms with van der Waals surface area (Å²) >= 11 is 0.959. The molecule has 0 radical (unpaired) electrons. The van der Waals surface area contributed by atoms with Gasteiger partial charge in [0.1, 0.15) is 0 Å². The van der Waals surface area contributed by atoms with E-state index in [2.05, 4.69) is 77.2 Å². The first kappa shape index (κ1) is 22.6. The van der Waals surface area contributed by atoms with Crippen LogP contribution in [0.4, 0.5) is 4.79 Å². The molecule has 1 saturated heterocycles. The van der Waals surface area contributed by atoms with Gasteiger partial charge in [0.2, 0.25) is 0 Å². The first-order valence-electron chi connectivity index (χ1n) is 11.3. The lowest BCUT2D eigenvalue weighted by atomic mass is 9.70. The van der Waals surface area contributed by atoms with Gasteiger partial charge in [-0.3, -0.25) is 14.9 Å². The largest absolute Gasteiger partial charge is 0.290 e. The lowest BCUT2D eigenvalue weighted by Crippen LogP contribution is -2.23. The Morgan fingerprint density at radius 3 is 2.47 bits per heavy atom. The fourth-order valence-corrected chi connectivity index (χ4v) is 5.43. The van der Waals surface area contributed by atoms with E-state index >= 15 is 0 Å². The Kier molecular flexibility index (Phi) is 5.93. The van der Waals surface area contributed by atoms with Gasteiger partial charge in [0, 0.05) is 0 Å². The van der Waals surface area contributed by atoms with Gasteiger partial charge in [-0.2, -0.15) is 0 Å². The molecule has 2 amide bonds. The topological polar surface area (TPSA) is 46.2 Å². The molecule has 2 aromatic carbocycles. The molecule has 1 aliphatic carbocycles.